The monoisotopic (exact) mass is 257 g/mol. The van der Waals surface area contributed by atoms with Crippen LogP contribution in [0.4, 0.5) is 4.39 Å². The van der Waals surface area contributed by atoms with Crippen LogP contribution in [0.25, 0.3) is 0 Å². The summed E-state index contributed by atoms with van der Waals surface area (Å²) in [5.41, 5.74) is 1.09. The maximum Gasteiger partial charge on any atom is 0.251 e. The van der Waals surface area contributed by atoms with Gasteiger partial charge in [-0.25, -0.2) is 4.39 Å². The van der Waals surface area contributed by atoms with Crippen molar-refractivity contribution in [3.8, 4) is 0 Å². The highest BCUT2D eigenvalue weighted by Gasteiger charge is 2.12. The van der Waals surface area contributed by atoms with E-state index in [0.717, 1.165) is 18.4 Å². The predicted octanol–water partition coefficient (Wildman–Crippen LogP) is 3.27. The Balaban J connectivity index is 2.75. The molecule has 1 atom stereocenters. The van der Waals surface area contributed by atoms with Gasteiger partial charge >= 0.3 is 0 Å². The smallest absolute Gasteiger partial charge is 0.251 e. The first-order chi connectivity index (χ1) is 8.06. The van der Waals surface area contributed by atoms with Gasteiger partial charge in [-0.15, -0.1) is 11.6 Å². The van der Waals surface area contributed by atoms with Crippen LogP contribution in [0.15, 0.2) is 18.2 Å². The number of carbonyl (C=O) groups excluding carboxylic acids is 1. The Morgan fingerprint density at radius 2 is 2.18 bits per heavy atom. The molecule has 4 heteroatoms. The summed E-state index contributed by atoms with van der Waals surface area (Å²) in [5, 5.41) is 2.85. The second-order valence-corrected chi connectivity index (χ2v) is 4.45. The van der Waals surface area contributed by atoms with Gasteiger partial charge in [-0.3, -0.25) is 4.79 Å². The van der Waals surface area contributed by atoms with Gasteiger partial charge in [0.1, 0.15) is 5.82 Å². The summed E-state index contributed by atoms with van der Waals surface area (Å²) < 4.78 is 13.2. The molecule has 0 saturated carbocycles. The molecule has 1 aromatic rings. The van der Waals surface area contributed by atoms with Gasteiger partial charge in [-0.1, -0.05) is 6.92 Å². The van der Waals surface area contributed by atoms with Crippen molar-refractivity contribution < 1.29 is 9.18 Å². The molecular weight excluding hydrogens is 241 g/mol. The topological polar surface area (TPSA) is 29.1 Å². The largest absolute Gasteiger partial charge is 0.349 e. The number of carbonyl (C=O) groups is 1. The minimum Gasteiger partial charge on any atom is -0.349 e. The molecule has 1 N–H and O–H groups in total. The van der Waals surface area contributed by atoms with E-state index in [4.69, 9.17) is 11.6 Å². The molecule has 1 rings (SSSR count). The summed E-state index contributed by atoms with van der Waals surface area (Å²) in [6.45, 7) is 3.74. The third kappa shape index (κ3) is 4.35. The highest BCUT2D eigenvalue weighted by molar-refractivity contribution is 6.17. The molecule has 0 aliphatic heterocycles. The van der Waals surface area contributed by atoms with Crippen molar-refractivity contribution in [2.45, 2.75) is 32.7 Å². The van der Waals surface area contributed by atoms with Gasteiger partial charge in [0.15, 0.2) is 0 Å². The Morgan fingerprint density at radius 3 is 2.71 bits per heavy atom. The first-order valence-corrected chi connectivity index (χ1v) is 6.24. The molecule has 0 aliphatic rings. The van der Waals surface area contributed by atoms with Gasteiger partial charge < -0.3 is 5.32 Å². The molecule has 1 amide bonds. The van der Waals surface area contributed by atoms with E-state index in [0.29, 0.717) is 11.4 Å². The molecule has 2 nitrogen and oxygen atoms in total. The van der Waals surface area contributed by atoms with E-state index in [2.05, 4.69) is 5.32 Å². The minimum atomic E-state index is -0.388. The van der Waals surface area contributed by atoms with Crippen LogP contribution in [0.2, 0.25) is 0 Å². The molecule has 94 valence electrons. The number of amides is 1. The molecule has 0 fully saturated rings. The lowest BCUT2D eigenvalue weighted by Crippen LogP contribution is -2.34. The van der Waals surface area contributed by atoms with Crippen molar-refractivity contribution in [2.24, 2.45) is 0 Å². The molecule has 0 aliphatic carbocycles. The highest BCUT2D eigenvalue weighted by Crippen LogP contribution is 2.09. The fraction of sp³-hybridized carbons (Fsp3) is 0.462. The van der Waals surface area contributed by atoms with E-state index in [1.807, 2.05) is 6.92 Å². The first-order valence-electron chi connectivity index (χ1n) is 5.70. The van der Waals surface area contributed by atoms with Gasteiger partial charge in [-0.2, -0.15) is 0 Å². The summed E-state index contributed by atoms with van der Waals surface area (Å²) in [6, 6.07) is 4.36. The van der Waals surface area contributed by atoms with Gasteiger partial charge in [0.2, 0.25) is 0 Å². The summed E-state index contributed by atoms with van der Waals surface area (Å²) >= 11 is 5.64. The Labute approximate surface area is 106 Å². The zero-order valence-corrected chi connectivity index (χ0v) is 10.9. The van der Waals surface area contributed by atoms with Crippen LogP contribution >= 0.6 is 11.6 Å². The summed E-state index contributed by atoms with van der Waals surface area (Å²) in [6.07, 6.45) is 1.53. The summed E-state index contributed by atoms with van der Waals surface area (Å²) in [5.74, 6) is -0.133. The van der Waals surface area contributed by atoms with Crippen LogP contribution in [-0.2, 0) is 0 Å². The maximum atomic E-state index is 13.2. The quantitative estimate of drug-likeness (QED) is 0.806. The van der Waals surface area contributed by atoms with E-state index in [9.17, 15) is 9.18 Å². The fourth-order valence-electron chi connectivity index (χ4n) is 1.65. The van der Waals surface area contributed by atoms with Crippen LogP contribution in [0.1, 0.15) is 35.7 Å². The normalized spacial score (nSPS) is 12.2. The van der Waals surface area contributed by atoms with Crippen LogP contribution in [0.5, 0.6) is 0 Å². The van der Waals surface area contributed by atoms with Crippen molar-refractivity contribution >= 4 is 17.5 Å². The van der Waals surface area contributed by atoms with E-state index in [1.165, 1.54) is 12.1 Å². The number of nitrogens with one attached hydrogen (secondary N) is 1. The minimum absolute atomic E-state index is 0.0450. The average molecular weight is 258 g/mol. The zero-order valence-electron chi connectivity index (χ0n) is 10.1. The molecule has 0 heterocycles. The third-order valence-corrected chi connectivity index (χ3v) is 2.81. The first kappa shape index (κ1) is 14.0. The molecule has 0 aromatic heterocycles. The predicted molar refractivity (Wildman–Crippen MR) is 68.0 cm³/mol. The van der Waals surface area contributed by atoms with Gasteiger partial charge in [-0.05, 0) is 43.5 Å². The molecule has 0 spiro atoms. The molecule has 0 saturated heterocycles. The van der Waals surface area contributed by atoms with E-state index >= 15 is 0 Å². The van der Waals surface area contributed by atoms with Gasteiger partial charge in [0, 0.05) is 17.5 Å². The third-order valence-electron chi connectivity index (χ3n) is 2.59. The van der Waals surface area contributed by atoms with Gasteiger partial charge in [0.05, 0.1) is 0 Å². The molecule has 0 bridgehead atoms. The van der Waals surface area contributed by atoms with Crippen LogP contribution in [0, 0.1) is 12.7 Å². The molecule has 17 heavy (non-hydrogen) atoms. The van der Waals surface area contributed by atoms with Crippen molar-refractivity contribution in [3.05, 3.63) is 35.1 Å². The Hall–Kier alpha value is -1.09. The number of benzene rings is 1. The number of aryl methyl sites for hydroxylation is 1. The highest BCUT2D eigenvalue weighted by atomic mass is 35.5. The average Bonchev–Trinajstić information content (AvgIpc) is 2.27. The van der Waals surface area contributed by atoms with Crippen molar-refractivity contribution in [2.75, 3.05) is 5.88 Å². The lowest BCUT2D eigenvalue weighted by molar-refractivity contribution is 0.0934. The number of halogens is 2. The molecular formula is C13H17ClFNO. The van der Waals surface area contributed by atoms with Crippen LogP contribution < -0.4 is 5.32 Å². The standard InChI is InChI=1S/C13H17ClFNO/c1-3-12(4-5-14)16-13(17)10-6-9(2)7-11(15)8-10/h6-8,12H,3-5H2,1-2H3,(H,16,17). The summed E-state index contributed by atoms with van der Waals surface area (Å²) in [7, 11) is 0. The van der Waals surface area contributed by atoms with E-state index < -0.39 is 0 Å². The molecule has 0 radical (unpaired) electrons. The fourth-order valence-corrected chi connectivity index (χ4v) is 1.91. The second kappa shape index (κ2) is 6.60. The molecule has 1 aromatic carbocycles. The number of hydrogen-bond acceptors (Lipinski definition) is 1. The Kier molecular flexibility index (Phi) is 5.42. The van der Waals surface area contributed by atoms with Crippen LogP contribution in [-0.4, -0.2) is 17.8 Å². The lowest BCUT2D eigenvalue weighted by Gasteiger charge is -2.15. The Bertz CT molecular complexity index is 375. The van der Waals surface area contributed by atoms with Crippen molar-refractivity contribution in [1.82, 2.24) is 5.32 Å². The van der Waals surface area contributed by atoms with E-state index in [1.54, 1.807) is 13.0 Å². The second-order valence-electron chi connectivity index (χ2n) is 4.07. The van der Waals surface area contributed by atoms with E-state index in [-0.39, 0.29) is 17.8 Å². The van der Waals surface area contributed by atoms with Crippen LogP contribution in [0.3, 0.4) is 0 Å². The maximum absolute atomic E-state index is 13.2. The Morgan fingerprint density at radius 1 is 1.47 bits per heavy atom. The van der Waals surface area contributed by atoms with Crippen molar-refractivity contribution in [3.63, 3.8) is 0 Å². The summed E-state index contributed by atoms with van der Waals surface area (Å²) in [4.78, 5) is 11.9. The SMILES string of the molecule is CCC(CCCl)NC(=O)c1cc(C)cc(F)c1. The number of rotatable bonds is 5. The van der Waals surface area contributed by atoms with Crippen molar-refractivity contribution in [1.29, 1.82) is 0 Å². The van der Waals surface area contributed by atoms with Gasteiger partial charge in [0.25, 0.3) is 5.91 Å². The number of hydrogen-bond donors (Lipinski definition) is 1. The zero-order chi connectivity index (χ0) is 12.8. The molecule has 1 unspecified atom stereocenters. The lowest BCUT2D eigenvalue weighted by atomic mass is 10.1. The number of alkyl halides is 1.